The van der Waals surface area contributed by atoms with Crippen molar-refractivity contribution in [2.75, 3.05) is 27.8 Å². The van der Waals surface area contributed by atoms with Crippen LogP contribution in [-0.4, -0.2) is 46.4 Å². The number of methoxy groups -OCH3 is 2. The Hall–Kier alpha value is -2.58. The fourth-order valence-corrected chi connectivity index (χ4v) is 5.04. The minimum Gasteiger partial charge on any atom is -0.493 e. The van der Waals surface area contributed by atoms with E-state index in [4.69, 9.17) is 9.47 Å². The molecule has 0 spiro atoms. The van der Waals surface area contributed by atoms with E-state index in [0.717, 1.165) is 15.4 Å². The van der Waals surface area contributed by atoms with Gasteiger partial charge in [0.1, 0.15) is 0 Å². The molecule has 0 unspecified atom stereocenters. The van der Waals surface area contributed by atoms with Crippen LogP contribution in [0.25, 0.3) is 0 Å². The largest absolute Gasteiger partial charge is 0.493 e. The van der Waals surface area contributed by atoms with Crippen LogP contribution in [0.1, 0.15) is 35.2 Å². The van der Waals surface area contributed by atoms with Gasteiger partial charge >= 0.3 is 0 Å². The highest BCUT2D eigenvalue weighted by molar-refractivity contribution is 7.89. The van der Waals surface area contributed by atoms with Crippen LogP contribution < -0.4 is 14.8 Å². The molecule has 7 nitrogen and oxygen atoms in total. The first kappa shape index (κ1) is 23.7. The van der Waals surface area contributed by atoms with Gasteiger partial charge in [-0.3, -0.25) is 4.79 Å². The number of aryl methyl sites for hydroxylation is 3. The minimum atomic E-state index is -3.80. The third kappa shape index (κ3) is 5.12. The standard InChI is InChI=1S/C22H30N2O5S/c1-14-10-15(2)22(16(3)11-14)30(26,27)24(5)13-21(25)23-17(4)18-8-9-19(28-6)20(12-18)29-7/h8-12,17H,13H2,1-7H3,(H,23,25)/t17-/m0/s1. The number of hydrogen-bond donors (Lipinski definition) is 1. The van der Waals surface area contributed by atoms with E-state index in [1.54, 1.807) is 40.2 Å². The smallest absolute Gasteiger partial charge is 0.243 e. The molecule has 30 heavy (non-hydrogen) atoms. The van der Waals surface area contributed by atoms with Crippen LogP contribution in [0.4, 0.5) is 0 Å². The van der Waals surface area contributed by atoms with Crippen LogP contribution in [0, 0.1) is 20.8 Å². The number of sulfonamides is 1. The molecule has 0 aromatic heterocycles. The molecule has 0 bridgehead atoms. The summed E-state index contributed by atoms with van der Waals surface area (Å²) in [5.41, 5.74) is 3.14. The second-order valence-electron chi connectivity index (χ2n) is 7.39. The zero-order valence-corrected chi connectivity index (χ0v) is 19.4. The van der Waals surface area contributed by atoms with Gasteiger partial charge in [-0.05, 0) is 56.5 Å². The Morgan fingerprint density at radius 1 is 1.03 bits per heavy atom. The van der Waals surface area contributed by atoms with Crippen molar-refractivity contribution in [3.63, 3.8) is 0 Å². The van der Waals surface area contributed by atoms with E-state index >= 15 is 0 Å². The fourth-order valence-electron chi connectivity index (χ4n) is 3.51. The molecule has 1 amide bonds. The fraction of sp³-hybridized carbons (Fsp3) is 0.409. The molecule has 0 heterocycles. The van der Waals surface area contributed by atoms with Crippen molar-refractivity contribution in [2.24, 2.45) is 0 Å². The summed E-state index contributed by atoms with van der Waals surface area (Å²) in [5.74, 6) is 0.751. The predicted molar refractivity (Wildman–Crippen MR) is 117 cm³/mol. The number of hydrogen-bond acceptors (Lipinski definition) is 5. The first-order valence-corrected chi connectivity index (χ1v) is 11.0. The Kier molecular flexibility index (Phi) is 7.49. The average molecular weight is 435 g/mol. The number of benzene rings is 2. The maximum atomic E-state index is 13.0. The van der Waals surface area contributed by atoms with E-state index in [9.17, 15) is 13.2 Å². The van der Waals surface area contributed by atoms with E-state index in [1.165, 1.54) is 7.05 Å². The lowest BCUT2D eigenvalue weighted by molar-refractivity contribution is -0.121. The maximum absolute atomic E-state index is 13.0. The number of likely N-dealkylation sites (N-methyl/N-ethyl adjacent to an activating group) is 1. The monoisotopic (exact) mass is 434 g/mol. The van der Waals surface area contributed by atoms with Crippen LogP contribution in [0.2, 0.25) is 0 Å². The lowest BCUT2D eigenvalue weighted by Gasteiger charge is -2.22. The first-order valence-electron chi connectivity index (χ1n) is 9.56. The molecule has 0 aliphatic heterocycles. The van der Waals surface area contributed by atoms with Crippen LogP contribution in [-0.2, 0) is 14.8 Å². The molecule has 8 heteroatoms. The van der Waals surface area contributed by atoms with E-state index in [0.29, 0.717) is 22.6 Å². The Morgan fingerprint density at radius 3 is 2.13 bits per heavy atom. The Morgan fingerprint density at radius 2 is 1.60 bits per heavy atom. The van der Waals surface area contributed by atoms with Gasteiger partial charge in [-0.15, -0.1) is 0 Å². The third-order valence-electron chi connectivity index (χ3n) is 4.92. The molecule has 2 rings (SSSR count). The van der Waals surface area contributed by atoms with E-state index < -0.39 is 15.9 Å². The van der Waals surface area contributed by atoms with Gasteiger partial charge < -0.3 is 14.8 Å². The summed E-state index contributed by atoms with van der Waals surface area (Å²) in [5, 5.41) is 2.84. The highest BCUT2D eigenvalue weighted by atomic mass is 32.2. The van der Waals surface area contributed by atoms with Crippen LogP contribution in [0.5, 0.6) is 11.5 Å². The van der Waals surface area contributed by atoms with Crippen molar-refractivity contribution in [3.05, 3.63) is 52.6 Å². The topological polar surface area (TPSA) is 84.9 Å². The highest BCUT2D eigenvalue weighted by Crippen LogP contribution is 2.30. The number of carbonyl (C=O) groups excluding carboxylic acids is 1. The summed E-state index contributed by atoms with van der Waals surface area (Å²) >= 11 is 0. The van der Waals surface area contributed by atoms with Crippen molar-refractivity contribution in [1.82, 2.24) is 9.62 Å². The van der Waals surface area contributed by atoms with Crippen LogP contribution in [0.15, 0.2) is 35.2 Å². The predicted octanol–water partition coefficient (Wildman–Crippen LogP) is 3.13. The zero-order chi connectivity index (χ0) is 22.6. The molecule has 0 saturated carbocycles. The third-order valence-corrected chi connectivity index (χ3v) is 7.03. The number of rotatable bonds is 8. The first-order chi connectivity index (χ1) is 14.0. The van der Waals surface area contributed by atoms with E-state index in [2.05, 4.69) is 5.32 Å². The van der Waals surface area contributed by atoms with Crippen molar-refractivity contribution in [1.29, 1.82) is 0 Å². The van der Waals surface area contributed by atoms with Gasteiger partial charge in [0.15, 0.2) is 11.5 Å². The van der Waals surface area contributed by atoms with Crippen LogP contribution >= 0.6 is 0 Å². The molecule has 0 saturated heterocycles. The van der Waals surface area contributed by atoms with Crippen molar-refractivity contribution in [3.8, 4) is 11.5 Å². The van der Waals surface area contributed by atoms with E-state index in [-0.39, 0.29) is 17.5 Å². The van der Waals surface area contributed by atoms with Gasteiger partial charge in [0, 0.05) is 7.05 Å². The number of amides is 1. The van der Waals surface area contributed by atoms with Crippen molar-refractivity contribution < 1.29 is 22.7 Å². The molecular weight excluding hydrogens is 404 g/mol. The molecule has 2 aromatic rings. The van der Waals surface area contributed by atoms with Gasteiger partial charge in [-0.1, -0.05) is 23.8 Å². The Balaban J connectivity index is 2.14. The van der Waals surface area contributed by atoms with Gasteiger partial charge in [-0.25, -0.2) is 8.42 Å². The molecule has 164 valence electrons. The molecule has 0 aliphatic rings. The van der Waals surface area contributed by atoms with E-state index in [1.807, 2.05) is 32.0 Å². The summed E-state index contributed by atoms with van der Waals surface area (Å²) in [7, 11) is 0.709. The summed E-state index contributed by atoms with van der Waals surface area (Å²) in [6.45, 7) is 6.98. The second kappa shape index (κ2) is 9.49. The summed E-state index contributed by atoms with van der Waals surface area (Å²) < 4.78 is 37.7. The lowest BCUT2D eigenvalue weighted by atomic mass is 10.1. The Bertz CT molecular complexity index is 1010. The average Bonchev–Trinajstić information content (AvgIpc) is 2.65. The summed E-state index contributed by atoms with van der Waals surface area (Å²) in [6.07, 6.45) is 0. The SMILES string of the molecule is COc1ccc([C@H](C)NC(=O)CN(C)S(=O)(=O)c2c(C)cc(C)cc2C)cc1OC. The lowest BCUT2D eigenvalue weighted by Crippen LogP contribution is -2.39. The molecular formula is C22H30N2O5S. The maximum Gasteiger partial charge on any atom is 0.243 e. The number of nitrogens with zero attached hydrogens (tertiary/aromatic N) is 1. The number of carbonyl (C=O) groups is 1. The van der Waals surface area contributed by atoms with Crippen molar-refractivity contribution in [2.45, 2.75) is 38.6 Å². The normalized spacial score (nSPS) is 12.5. The second-order valence-corrected chi connectivity index (χ2v) is 9.37. The minimum absolute atomic E-state index is 0.247. The van der Waals surface area contributed by atoms with Gasteiger partial charge in [-0.2, -0.15) is 4.31 Å². The van der Waals surface area contributed by atoms with Crippen LogP contribution in [0.3, 0.4) is 0 Å². The van der Waals surface area contributed by atoms with Crippen molar-refractivity contribution >= 4 is 15.9 Å². The zero-order valence-electron chi connectivity index (χ0n) is 18.6. The summed E-state index contributed by atoms with van der Waals surface area (Å²) in [6, 6.07) is 8.68. The molecule has 1 atom stereocenters. The molecule has 0 aliphatic carbocycles. The Labute approximate surface area is 179 Å². The van der Waals surface area contributed by atoms with Gasteiger partial charge in [0.25, 0.3) is 0 Å². The molecule has 0 radical (unpaired) electrons. The molecule has 1 N–H and O–H groups in total. The molecule has 0 fully saturated rings. The summed E-state index contributed by atoms with van der Waals surface area (Å²) in [4.78, 5) is 12.8. The highest BCUT2D eigenvalue weighted by Gasteiger charge is 2.27. The molecule has 2 aromatic carbocycles. The van der Waals surface area contributed by atoms with Gasteiger partial charge in [0.2, 0.25) is 15.9 Å². The van der Waals surface area contributed by atoms with Gasteiger partial charge in [0.05, 0.1) is 31.7 Å². The quantitative estimate of drug-likeness (QED) is 0.690. The number of ether oxygens (including phenoxy) is 2. The number of nitrogens with one attached hydrogen (secondary N) is 1.